The van der Waals surface area contributed by atoms with Crippen LogP contribution in [0.4, 0.5) is 5.69 Å². The van der Waals surface area contributed by atoms with Gasteiger partial charge in [-0.25, -0.2) is 9.97 Å². The summed E-state index contributed by atoms with van der Waals surface area (Å²) >= 11 is 4.97. The zero-order valence-electron chi connectivity index (χ0n) is 21.4. The molecule has 1 saturated heterocycles. The lowest BCUT2D eigenvalue weighted by molar-refractivity contribution is -0.117. The zero-order chi connectivity index (χ0) is 27.7. The van der Waals surface area contributed by atoms with Gasteiger partial charge in [0, 0.05) is 49.1 Å². The van der Waals surface area contributed by atoms with Crippen LogP contribution < -0.4 is 5.32 Å². The van der Waals surface area contributed by atoms with Gasteiger partial charge in [0.15, 0.2) is 5.16 Å². The highest BCUT2D eigenvalue weighted by Gasteiger charge is 2.20. The highest BCUT2D eigenvalue weighted by Crippen LogP contribution is 2.33. The summed E-state index contributed by atoms with van der Waals surface area (Å²) in [5.41, 5.74) is 3.91. The number of piperazine rings is 1. The lowest BCUT2D eigenvalue weighted by Crippen LogP contribution is -2.49. The number of hydrogen-bond donors (Lipinski definition) is 4. The van der Waals surface area contributed by atoms with E-state index in [4.69, 9.17) is 17.5 Å². The molecule has 3 aromatic rings. The summed E-state index contributed by atoms with van der Waals surface area (Å²) in [6, 6.07) is 10.2. The van der Waals surface area contributed by atoms with Crippen molar-refractivity contribution in [3.63, 3.8) is 0 Å². The number of thioether (sulfide) groups is 3. The summed E-state index contributed by atoms with van der Waals surface area (Å²) in [6.45, 7) is 7.18. The molecule has 38 heavy (non-hydrogen) atoms. The van der Waals surface area contributed by atoms with Crippen LogP contribution >= 0.6 is 35.3 Å². The molecule has 0 spiro atoms. The number of aromatic amines is 1. The maximum Gasteiger partial charge on any atom is 0.394 e. The molecule has 15 heteroatoms. The van der Waals surface area contributed by atoms with Crippen molar-refractivity contribution in [3.8, 4) is 0 Å². The maximum absolute atomic E-state index is 12.8. The molecule has 1 aromatic carbocycles. The van der Waals surface area contributed by atoms with Crippen molar-refractivity contribution in [1.29, 1.82) is 0 Å². The number of para-hydroxylation sites is 2. The first-order valence-corrected chi connectivity index (χ1v) is 16.5. The molecule has 1 aliphatic heterocycles. The lowest BCUT2D eigenvalue weighted by atomic mass is 10.3. The van der Waals surface area contributed by atoms with Crippen LogP contribution in [-0.2, 0) is 15.2 Å². The first-order valence-electron chi connectivity index (χ1n) is 11.7. The predicted octanol–water partition coefficient (Wildman–Crippen LogP) is 3.41. The minimum Gasteiger partial charge on any atom is -0.333 e. The van der Waals surface area contributed by atoms with Crippen LogP contribution in [0.1, 0.15) is 5.69 Å². The molecule has 0 unspecified atom stereocenters. The lowest BCUT2D eigenvalue weighted by Gasteiger charge is -2.34. The number of anilines is 1. The molecule has 0 radical (unpaired) electrons. The summed E-state index contributed by atoms with van der Waals surface area (Å²) in [4.78, 5) is 31.1. The maximum atomic E-state index is 12.8. The van der Waals surface area contributed by atoms with E-state index in [2.05, 4.69) is 36.1 Å². The molecular weight excluding hydrogens is 569 g/mol. The standard InChI is InChI=1S/C23H30N6OS3.H2O4S/c1-16-14-19(31-2)21(22(24-16)32-3)27-20(30)15-29-10-8-28(9-11-29)12-13-33-23-25-17-6-4-5-7-18(17)26-23;1-5(2,3)4/h4-7,14H,8-13,15H2,1-3H3,(H,25,26)(H,27,30);(H2,1,2,3,4). The highest BCUT2D eigenvalue weighted by molar-refractivity contribution is 7.99. The number of H-pyrrole nitrogens is 1. The van der Waals surface area contributed by atoms with Crippen LogP contribution in [-0.4, -0.2) is 106 Å². The van der Waals surface area contributed by atoms with Gasteiger partial charge < -0.3 is 10.3 Å². The van der Waals surface area contributed by atoms with Crippen molar-refractivity contribution >= 4 is 68.3 Å². The number of hydrogen-bond acceptors (Lipinski definition) is 10. The number of aryl methyl sites for hydroxylation is 1. The number of fused-ring (bicyclic) bond motifs is 1. The second-order valence-electron chi connectivity index (χ2n) is 8.37. The number of pyridine rings is 1. The Labute approximate surface area is 235 Å². The molecule has 0 aliphatic carbocycles. The van der Waals surface area contributed by atoms with Gasteiger partial charge >= 0.3 is 10.4 Å². The summed E-state index contributed by atoms with van der Waals surface area (Å²) in [7, 11) is -4.67. The van der Waals surface area contributed by atoms with Crippen LogP contribution in [0, 0.1) is 6.92 Å². The molecule has 4 N–H and O–H groups in total. The molecule has 2 aromatic heterocycles. The normalized spacial score (nSPS) is 14.8. The average molecular weight is 601 g/mol. The summed E-state index contributed by atoms with van der Waals surface area (Å²) in [5.74, 6) is 1.02. The average Bonchev–Trinajstić information content (AvgIpc) is 3.27. The van der Waals surface area contributed by atoms with Gasteiger partial charge in [0.1, 0.15) is 5.03 Å². The van der Waals surface area contributed by atoms with E-state index in [1.165, 1.54) is 0 Å². The Morgan fingerprint density at radius 2 is 1.74 bits per heavy atom. The molecule has 11 nitrogen and oxygen atoms in total. The SMILES string of the molecule is CSc1cc(C)nc(SC)c1NC(=O)CN1CCN(CCSc2nc3ccccc3[nH]2)CC1.O=S(=O)(O)O. The third-order valence-corrected chi connectivity index (χ3v) is 7.90. The van der Waals surface area contributed by atoms with E-state index in [1.807, 2.05) is 43.7 Å². The molecular formula is C23H32N6O5S4. The van der Waals surface area contributed by atoms with Crippen molar-refractivity contribution in [2.24, 2.45) is 0 Å². The molecule has 0 saturated carbocycles. The van der Waals surface area contributed by atoms with E-state index in [-0.39, 0.29) is 5.91 Å². The van der Waals surface area contributed by atoms with Gasteiger partial charge in [-0.2, -0.15) is 8.42 Å². The van der Waals surface area contributed by atoms with Gasteiger partial charge in [-0.05, 0) is 37.6 Å². The predicted molar refractivity (Wildman–Crippen MR) is 155 cm³/mol. The number of amides is 1. The fraction of sp³-hybridized carbons (Fsp3) is 0.435. The van der Waals surface area contributed by atoms with E-state index < -0.39 is 10.4 Å². The van der Waals surface area contributed by atoms with Crippen molar-refractivity contribution in [2.45, 2.75) is 22.0 Å². The third kappa shape index (κ3) is 10.0. The van der Waals surface area contributed by atoms with E-state index in [0.29, 0.717) is 6.54 Å². The summed E-state index contributed by atoms with van der Waals surface area (Å²) < 4.78 is 31.6. The Kier molecular flexibility index (Phi) is 11.7. The minimum atomic E-state index is -4.67. The number of benzene rings is 1. The molecule has 4 rings (SSSR count). The summed E-state index contributed by atoms with van der Waals surface area (Å²) in [6.07, 6.45) is 4.02. The number of nitrogens with one attached hydrogen (secondary N) is 2. The Hall–Kier alpha value is -1.85. The molecule has 3 heterocycles. The number of nitrogens with zero attached hydrogens (tertiary/aromatic N) is 4. The van der Waals surface area contributed by atoms with Crippen molar-refractivity contribution in [2.75, 3.05) is 62.8 Å². The second kappa shape index (κ2) is 14.5. The van der Waals surface area contributed by atoms with Crippen LogP contribution in [0.25, 0.3) is 11.0 Å². The van der Waals surface area contributed by atoms with Crippen molar-refractivity contribution in [3.05, 3.63) is 36.0 Å². The van der Waals surface area contributed by atoms with Crippen LogP contribution in [0.2, 0.25) is 0 Å². The van der Waals surface area contributed by atoms with Gasteiger partial charge in [0.2, 0.25) is 5.91 Å². The van der Waals surface area contributed by atoms with Crippen molar-refractivity contribution in [1.82, 2.24) is 24.8 Å². The number of carbonyl (C=O) groups is 1. The van der Waals surface area contributed by atoms with E-state index in [9.17, 15) is 4.79 Å². The Bertz CT molecular complexity index is 1260. The van der Waals surface area contributed by atoms with E-state index in [1.54, 1.807) is 35.3 Å². The number of imidazole rings is 1. The fourth-order valence-electron chi connectivity index (χ4n) is 3.86. The van der Waals surface area contributed by atoms with Crippen LogP contribution in [0.15, 0.2) is 45.4 Å². The Morgan fingerprint density at radius 1 is 1.08 bits per heavy atom. The van der Waals surface area contributed by atoms with E-state index in [0.717, 1.165) is 76.0 Å². The number of rotatable bonds is 9. The molecule has 1 aliphatic rings. The number of aromatic nitrogens is 3. The van der Waals surface area contributed by atoms with Gasteiger partial charge in [-0.1, -0.05) is 23.9 Å². The van der Waals surface area contributed by atoms with Crippen LogP contribution in [0.5, 0.6) is 0 Å². The summed E-state index contributed by atoms with van der Waals surface area (Å²) in [5, 5.41) is 4.97. The van der Waals surface area contributed by atoms with Gasteiger partial charge in [0.05, 0.1) is 23.3 Å². The quantitative estimate of drug-likeness (QED) is 0.210. The molecule has 0 bridgehead atoms. The Balaban J connectivity index is 0.000000732. The molecule has 1 fully saturated rings. The number of carbonyl (C=O) groups excluding carboxylic acids is 1. The topological polar surface area (TPSA) is 152 Å². The second-order valence-corrected chi connectivity index (χ2v) is 12.0. The largest absolute Gasteiger partial charge is 0.394 e. The van der Waals surface area contributed by atoms with Gasteiger partial charge in [-0.15, -0.1) is 23.5 Å². The molecule has 1 amide bonds. The smallest absolute Gasteiger partial charge is 0.333 e. The first kappa shape index (κ1) is 30.7. The monoisotopic (exact) mass is 600 g/mol. The molecule has 208 valence electrons. The minimum absolute atomic E-state index is 0.0279. The first-order chi connectivity index (χ1) is 18.1. The van der Waals surface area contributed by atoms with Crippen molar-refractivity contribution < 1.29 is 22.3 Å². The van der Waals surface area contributed by atoms with E-state index >= 15 is 0 Å². The highest BCUT2D eigenvalue weighted by atomic mass is 32.3. The van der Waals surface area contributed by atoms with Crippen LogP contribution in [0.3, 0.4) is 0 Å². The fourth-order valence-corrected chi connectivity index (χ4v) is 6.05. The third-order valence-electron chi connectivity index (χ3n) is 5.60. The van der Waals surface area contributed by atoms with Gasteiger partial charge in [0.25, 0.3) is 0 Å². The zero-order valence-corrected chi connectivity index (χ0v) is 24.6. The molecule has 0 atom stereocenters. The Morgan fingerprint density at radius 3 is 2.37 bits per heavy atom. The van der Waals surface area contributed by atoms with Gasteiger partial charge in [-0.3, -0.25) is 23.7 Å².